The van der Waals surface area contributed by atoms with Crippen molar-refractivity contribution < 1.29 is 0 Å². The van der Waals surface area contributed by atoms with Gasteiger partial charge in [0, 0.05) is 12.6 Å². The average Bonchev–Trinajstić information content (AvgIpc) is 2.16. The largest absolute Gasteiger partial charge is 0.314 e. The minimum absolute atomic E-state index is 0.767. The molecule has 3 unspecified atom stereocenters. The summed E-state index contributed by atoms with van der Waals surface area (Å²) in [5, 5.41) is 3.72. The molecule has 3 atom stereocenters. The van der Waals surface area contributed by atoms with Gasteiger partial charge in [-0.3, -0.25) is 0 Å². The molecule has 0 saturated heterocycles. The molecule has 0 spiro atoms. The molecule has 1 aliphatic rings. The Morgan fingerprint density at radius 1 is 1.27 bits per heavy atom. The Balaban J connectivity index is 2.42. The molecule has 0 aliphatic heterocycles. The summed E-state index contributed by atoms with van der Waals surface area (Å²) in [6, 6.07) is 0.767. The van der Waals surface area contributed by atoms with E-state index >= 15 is 0 Å². The van der Waals surface area contributed by atoms with Crippen LogP contribution in [0.25, 0.3) is 0 Å². The SMILES string of the molecule is CCCNC1CCC(C)CC1CN(C)C. The molecule has 1 rings (SSSR count). The highest BCUT2D eigenvalue weighted by Crippen LogP contribution is 2.29. The molecule has 0 radical (unpaired) electrons. The van der Waals surface area contributed by atoms with Gasteiger partial charge in [0.1, 0.15) is 0 Å². The van der Waals surface area contributed by atoms with Crippen LogP contribution >= 0.6 is 0 Å². The van der Waals surface area contributed by atoms with E-state index in [4.69, 9.17) is 0 Å². The molecule has 1 fully saturated rings. The van der Waals surface area contributed by atoms with Crippen molar-refractivity contribution in [3.05, 3.63) is 0 Å². The zero-order chi connectivity index (χ0) is 11.3. The third-order valence-corrected chi connectivity index (χ3v) is 3.50. The van der Waals surface area contributed by atoms with Crippen LogP contribution in [-0.4, -0.2) is 38.1 Å². The van der Waals surface area contributed by atoms with Crippen LogP contribution in [0, 0.1) is 11.8 Å². The highest BCUT2D eigenvalue weighted by atomic mass is 15.1. The minimum Gasteiger partial charge on any atom is -0.314 e. The van der Waals surface area contributed by atoms with E-state index in [2.05, 4.69) is 38.2 Å². The second kappa shape index (κ2) is 6.49. The number of hydrogen-bond donors (Lipinski definition) is 1. The van der Waals surface area contributed by atoms with Gasteiger partial charge in [0.15, 0.2) is 0 Å². The first-order valence-corrected chi connectivity index (χ1v) is 6.51. The monoisotopic (exact) mass is 212 g/mol. The van der Waals surface area contributed by atoms with Gasteiger partial charge in [-0.1, -0.05) is 13.8 Å². The number of rotatable bonds is 5. The second-order valence-electron chi connectivity index (χ2n) is 5.50. The van der Waals surface area contributed by atoms with E-state index in [-0.39, 0.29) is 0 Å². The Labute approximate surface area is 95.4 Å². The summed E-state index contributed by atoms with van der Waals surface area (Å²) in [6.45, 7) is 7.08. The van der Waals surface area contributed by atoms with Gasteiger partial charge in [0.25, 0.3) is 0 Å². The Morgan fingerprint density at radius 2 is 2.00 bits per heavy atom. The molecule has 0 bridgehead atoms. The molecule has 0 aromatic carbocycles. The van der Waals surface area contributed by atoms with E-state index in [1.807, 2.05) is 0 Å². The molecule has 2 nitrogen and oxygen atoms in total. The lowest BCUT2D eigenvalue weighted by Crippen LogP contribution is -2.44. The highest BCUT2D eigenvalue weighted by Gasteiger charge is 2.28. The molecule has 15 heavy (non-hydrogen) atoms. The van der Waals surface area contributed by atoms with E-state index in [0.29, 0.717) is 0 Å². The standard InChI is InChI=1S/C13H28N2/c1-5-8-14-13-7-6-11(2)9-12(13)10-15(3)4/h11-14H,5-10H2,1-4H3. The predicted molar refractivity (Wildman–Crippen MR) is 67.1 cm³/mol. The number of nitrogens with zero attached hydrogens (tertiary/aromatic N) is 1. The summed E-state index contributed by atoms with van der Waals surface area (Å²) >= 11 is 0. The lowest BCUT2D eigenvalue weighted by atomic mass is 9.78. The molecule has 2 heteroatoms. The molecule has 0 amide bonds. The van der Waals surface area contributed by atoms with Gasteiger partial charge in [0.2, 0.25) is 0 Å². The maximum atomic E-state index is 3.72. The fourth-order valence-electron chi connectivity index (χ4n) is 2.77. The molecule has 0 aromatic heterocycles. The topological polar surface area (TPSA) is 15.3 Å². The van der Waals surface area contributed by atoms with Crippen molar-refractivity contribution >= 4 is 0 Å². The summed E-state index contributed by atoms with van der Waals surface area (Å²) in [7, 11) is 4.38. The van der Waals surface area contributed by atoms with Crippen molar-refractivity contribution in [1.82, 2.24) is 10.2 Å². The van der Waals surface area contributed by atoms with Crippen LogP contribution in [-0.2, 0) is 0 Å². The van der Waals surface area contributed by atoms with Crippen molar-refractivity contribution in [1.29, 1.82) is 0 Å². The Hall–Kier alpha value is -0.0800. The van der Waals surface area contributed by atoms with Crippen LogP contribution in [0.15, 0.2) is 0 Å². The van der Waals surface area contributed by atoms with Crippen LogP contribution in [0.1, 0.15) is 39.5 Å². The van der Waals surface area contributed by atoms with Crippen molar-refractivity contribution in [2.75, 3.05) is 27.2 Å². The van der Waals surface area contributed by atoms with E-state index in [1.165, 1.54) is 38.8 Å². The summed E-state index contributed by atoms with van der Waals surface area (Å²) in [4.78, 5) is 2.34. The summed E-state index contributed by atoms with van der Waals surface area (Å²) < 4.78 is 0. The quantitative estimate of drug-likeness (QED) is 0.752. The molecular weight excluding hydrogens is 184 g/mol. The molecule has 90 valence electrons. The lowest BCUT2D eigenvalue weighted by molar-refractivity contribution is 0.173. The van der Waals surface area contributed by atoms with E-state index < -0.39 is 0 Å². The number of nitrogens with one attached hydrogen (secondary N) is 1. The summed E-state index contributed by atoms with van der Waals surface area (Å²) in [6.07, 6.45) is 5.44. The smallest absolute Gasteiger partial charge is 0.0108 e. The first-order chi connectivity index (χ1) is 7.13. The fourth-order valence-corrected chi connectivity index (χ4v) is 2.77. The first-order valence-electron chi connectivity index (χ1n) is 6.51. The zero-order valence-corrected chi connectivity index (χ0v) is 10.9. The molecule has 1 N–H and O–H groups in total. The lowest BCUT2D eigenvalue weighted by Gasteiger charge is -2.37. The normalized spacial score (nSPS) is 32.2. The van der Waals surface area contributed by atoms with Crippen LogP contribution in [0.5, 0.6) is 0 Å². The van der Waals surface area contributed by atoms with Gasteiger partial charge in [-0.2, -0.15) is 0 Å². The first kappa shape index (κ1) is 13.0. The summed E-state index contributed by atoms with van der Waals surface area (Å²) in [5.74, 6) is 1.78. The molecular formula is C13H28N2. The predicted octanol–water partition coefficient (Wildman–Crippen LogP) is 2.35. The highest BCUT2D eigenvalue weighted by molar-refractivity contribution is 4.84. The van der Waals surface area contributed by atoms with Crippen LogP contribution < -0.4 is 5.32 Å². The molecule has 0 heterocycles. The van der Waals surface area contributed by atoms with E-state index in [1.54, 1.807) is 0 Å². The third kappa shape index (κ3) is 4.52. The fraction of sp³-hybridized carbons (Fsp3) is 1.00. The van der Waals surface area contributed by atoms with Gasteiger partial charge in [-0.05, 0) is 58.2 Å². The third-order valence-electron chi connectivity index (χ3n) is 3.50. The second-order valence-corrected chi connectivity index (χ2v) is 5.50. The van der Waals surface area contributed by atoms with Gasteiger partial charge in [0.05, 0.1) is 0 Å². The maximum absolute atomic E-state index is 3.72. The minimum atomic E-state index is 0.767. The van der Waals surface area contributed by atoms with E-state index in [0.717, 1.165) is 17.9 Å². The van der Waals surface area contributed by atoms with Crippen molar-refractivity contribution in [2.24, 2.45) is 11.8 Å². The Morgan fingerprint density at radius 3 is 2.60 bits per heavy atom. The van der Waals surface area contributed by atoms with Crippen LogP contribution in [0.2, 0.25) is 0 Å². The maximum Gasteiger partial charge on any atom is 0.0108 e. The van der Waals surface area contributed by atoms with Crippen molar-refractivity contribution in [2.45, 2.75) is 45.6 Å². The van der Waals surface area contributed by atoms with Gasteiger partial charge in [-0.15, -0.1) is 0 Å². The van der Waals surface area contributed by atoms with Gasteiger partial charge >= 0.3 is 0 Å². The molecule has 1 saturated carbocycles. The van der Waals surface area contributed by atoms with E-state index in [9.17, 15) is 0 Å². The zero-order valence-electron chi connectivity index (χ0n) is 10.9. The van der Waals surface area contributed by atoms with Crippen LogP contribution in [0.4, 0.5) is 0 Å². The van der Waals surface area contributed by atoms with Crippen LogP contribution in [0.3, 0.4) is 0 Å². The molecule has 0 aromatic rings. The Bertz CT molecular complexity index is 164. The Kier molecular flexibility index (Phi) is 5.62. The molecule has 1 aliphatic carbocycles. The van der Waals surface area contributed by atoms with Gasteiger partial charge in [-0.25, -0.2) is 0 Å². The van der Waals surface area contributed by atoms with Gasteiger partial charge < -0.3 is 10.2 Å². The summed E-state index contributed by atoms with van der Waals surface area (Å²) in [5.41, 5.74) is 0. The van der Waals surface area contributed by atoms with Crippen molar-refractivity contribution in [3.63, 3.8) is 0 Å². The van der Waals surface area contributed by atoms with Crippen molar-refractivity contribution in [3.8, 4) is 0 Å². The number of hydrogen-bond acceptors (Lipinski definition) is 2. The average molecular weight is 212 g/mol.